The van der Waals surface area contributed by atoms with E-state index in [0.717, 1.165) is 19.3 Å². The van der Waals surface area contributed by atoms with E-state index in [1.54, 1.807) is 0 Å². The molecule has 2 aliphatic rings. The summed E-state index contributed by atoms with van der Waals surface area (Å²) in [5.41, 5.74) is 0. The Morgan fingerprint density at radius 2 is 2.11 bits per heavy atom. The fraction of sp³-hybridized carbons (Fsp3) is 0.917. The summed E-state index contributed by atoms with van der Waals surface area (Å²) >= 11 is 0. The summed E-state index contributed by atoms with van der Waals surface area (Å²) in [6.45, 7) is 0.745. The number of carbonyl (C=O) groups is 1. The maximum Gasteiger partial charge on any atom is 0.221 e. The van der Waals surface area contributed by atoms with Gasteiger partial charge in [0.05, 0.1) is 23.9 Å². The smallest absolute Gasteiger partial charge is 0.221 e. The lowest BCUT2D eigenvalue weighted by molar-refractivity contribution is -0.127. The average molecular weight is 290 g/mol. The molecule has 1 amide bonds. The van der Waals surface area contributed by atoms with Gasteiger partial charge in [0, 0.05) is 25.2 Å². The summed E-state index contributed by atoms with van der Waals surface area (Å²) in [7, 11) is 0.854. The number of rotatable bonds is 5. The van der Waals surface area contributed by atoms with E-state index < -0.39 is 9.84 Å². The van der Waals surface area contributed by atoms with Crippen molar-refractivity contribution in [3.8, 4) is 0 Å². The quantitative estimate of drug-likeness (QED) is 0.721. The average Bonchev–Trinajstić information content (AvgIpc) is 2.65. The lowest BCUT2D eigenvalue weighted by atomic mass is 9.71. The molecule has 1 N–H and O–H groups in total. The number of sulfone groups is 1. The van der Waals surface area contributed by atoms with E-state index in [4.69, 9.17) is 4.74 Å². The van der Waals surface area contributed by atoms with Gasteiger partial charge in [0.25, 0.3) is 0 Å². The minimum absolute atomic E-state index is 0.0354. The van der Waals surface area contributed by atoms with Crippen molar-refractivity contribution < 1.29 is 17.9 Å². The van der Waals surface area contributed by atoms with E-state index in [1.807, 2.05) is 14.1 Å². The van der Waals surface area contributed by atoms with Crippen LogP contribution in [0.3, 0.4) is 0 Å². The highest BCUT2D eigenvalue weighted by Gasteiger charge is 2.55. The number of carbonyl (C=O) groups excluding carboxylic acids is 1. The van der Waals surface area contributed by atoms with Gasteiger partial charge in [-0.3, -0.25) is 4.79 Å². The van der Waals surface area contributed by atoms with Gasteiger partial charge in [0.2, 0.25) is 5.91 Å². The standard InChI is InChI=1S/C12H22N2O4S/c1-14(2)11-10(8-4-6-18-12(8)11)13-9(15)5-7-19(3,16)17/h8,10-12H,4-7H2,1-3H3,(H,13,15)/t8-,10+,11-,12-/m1/s1. The van der Waals surface area contributed by atoms with Gasteiger partial charge >= 0.3 is 0 Å². The van der Waals surface area contributed by atoms with Crippen molar-refractivity contribution in [2.45, 2.75) is 31.0 Å². The van der Waals surface area contributed by atoms with Crippen LogP contribution in [-0.2, 0) is 19.4 Å². The number of hydrogen-bond acceptors (Lipinski definition) is 5. The molecule has 0 aromatic heterocycles. The number of ether oxygens (including phenoxy) is 1. The lowest BCUT2D eigenvalue weighted by Gasteiger charge is -2.50. The number of likely N-dealkylation sites (N-methyl/N-ethyl adjacent to an activating group) is 1. The second-order valence-corrected chi connectivity index (χ2v) is 7.98. The molecule has 1 saturated heterocycles. The van der Waals surface area contributed by atoms with Crippen LogP contribution in [0.4, 0.5) is 0 Å². The van der Waals surface area contributed by atoms with Crippen LogP contribution in [0.5, 0.6) is 0 Å². The first-order valence-corrected chi connectivity index (χ1v) is 8.61. The highest BCUT2D eigenvalue weighted by Crippen LogP contribution is 2.41. The number of fused-ring (bicyclic) bond motifs is 1. The third-order valence-corrected chi connectivity index (χ3v) is 4.92. The predicted molar refractivity (Wildman–Crippen MR) is 71.6 cm³/mol. The Kier molecular flexibility index (Phi) is 4.17. The van der Waals surface area contributed by atoms with Crippen LogP contribution in [0.1, 0.15) is 12.8 Å². The second kappa shape index (κ2) is 5.38. The van der Waals surface area contributed by atoms with E-state index >= 15 is 0 Å². The van der Waals surface area contributed by atoms with Crippen LogP contribution in [0, 0.1) is 5.92 Å². The van der Waals surface area contributed by atoms with Crippen LogP contribution in [0.25, 0.3) is 0 Å². The summed E-state index contributed by atoms with van der Waals surface area (Å²) in [6.07, 6.45) is 2.35. The topological polar surface area (TPSA) is 75.7 Å². The number of nitrogens with one attached hydrogen (secondary N) is 1. The molecule has 0 unspecified atom stereocenters. The molecule has 6 nitrogen and oxygen atoms in total. The summed E-state index contributed by atoms with van der Waals surface area (Å²) < 4.78 is 27.8. The normalized spacial score (nSPS) is 33.9. The Balaban J connectivity index is 1.89. The molecule has 0 bridgehead atoms. The molecule has 2 fully saturated rings. The first kappa shape index (κ1) is 14.7. The summed E-state index contributed by atoms with van der Waals surface area (Å²) in [6, 6.07) is 0.268. The maximum absolute atomic E-state index is 11.8. The summed E-state index contributed by atoms with van der Waals surface area (Å²) in [4.78, 5) is 13.9. The number of hydrogen-bond donors (Lipinski definition) is 1. The first-order valence-electron chi connectivity index (χ1n) is 6.55. The van der Waals surface area contributed by atoms with Gasteiger partial charge in [-0.05, 0) is 20.5 Å². The zero-order chi connectivity index (χ0) is 14.2. The molecule has 1 aliphatic carbocycles. The van der Waals surface area contributed by atoms with Gasteiger partial charge in [0.1, 0.15) is 9.84 Å². The van der Waals surface area contributed by atoms with Crippen LogP contribution in [0.15, 0.2) is 0 Å². The van der Waals surface area contributed by atoms with E-state index in [9.17, 15) is 13.2 Å². The maximum atomic E-state index is 11.8. The van der Waals surface area contributed by atoms with E-state index in [-0.39, 0.29) is 36.3 Å². The fourth-order valence-electron chi connectivity index (χ4n) is 3.02. The van der Waals surface area contributed by atoms with Gasteiger partial charge in [-0.1, -0.05) is 0 Å². The van der Waals surface area contributed by atoms with E-state index in [0.29, 0.717) is 5.92 Å². The van der Waals surface area contributed by atoms with Gasteiger partial charge in [0.15, 0.2) is 0 Å². The molecule has 19 heavy (non-hydrogen) atoms. The Bertz CT molecular complexity index is 449. The van der Waals surface area contributed by atoms with Crippen LogP contribution < -0.4 is 5.32 Å². The highest BCUT2D eigenvalue weighted by atomic mass is 32.2. The molecule has 1 saturated carbocycles. The third-order valence-electron chi connectivity index (χ3n) is 3.97. The zero-order valence-electron chi connectivity index (χ0n) is 11.6. The van der Waals surface area contributed by atoms with Gasteiger partial charge in [-0.2, -0.15) is 0 Å². The van der Waals surface area contributed by atoms with E-state index in [1.165, 1.54) is 0 Å². The molecular weight excluding hydrogens is 268 g/mol. The van der Waals surface area contributed by atoms with Crippen LogP contribution in [-0.4, -0.2) is 70.1 Å². The van der Waals surface area contributed by atoms with Crippen molar-refractivity contribution in [2.24, 2.45) is 5.92 Å². The van der Waals surface area contributed by atoms with Crippen molar-refractivity contribution in [2.75, 3.05) is 32.7 Å². The predicted octanol–water partition coefficient (Wildman–Crippen LogP) is -0.745. The molecule has 110 valence electrons. The minimum atomic E-state index is -3.09. The Labute approximate surface area is 114 Å². The number of amides is 1. The van der Waals surface area contributed by atoms with Gasteiger partial charge < -0.3 is 15.0 Å². The first-order chi connectivity index (χ1) is 8.79. The van der Waals surface area contributed by atoms with Crippen molar-refractivity contribution in [3.05, 3.63) is 0 Å². The van der Waals surface area contributed by atoms with E-state index in [2.05, 4.69) is 10.2 Å². The fourth-order valence-corrected chi connectivity index (χ4v) is 3.58. The molecule has 0 aromatic carbocycles. The monoisotopic (exact) mass is 290 g/mol. The molecular formula is C12H22N2O4S. The molecule has 1 heterocycles. The number of nitrogens with zero attached hydrogens (tertiary/aromatic N) is 1. The molecule has 7 heteroatoms. The molecule has 0 radical (unpaired) electrons. The van der Waals surface area contributed by atoms with Crippen molar-refractivity contribution in [1.82, 2.24) is 10.2 Å². The SMILES string of the molecule is CN(C)[C@@H]1[C@@H](NC(=O)CCS(C)(=O)=O)[C@H]2CCO[C@H]21. The summed E-state index contributed by atoms with van der Waals surface area (Å²) in [5.74, 6) is 0.0881. The lowest BCUT2D eigenvalue weighted by Crippen LogP contribution is -2.69. The second-order valence-electron chi connectivity index (χ2n) is 5.72. The Hall–Kier alpha value is -0.660. The van der Waals surface area contributed by atoms with Crippen LogP contribution in [0.2, 0.25) is 0 Å². The Morgan fingerprint density at radius 3 is 2.68 bits per heavy atom. The highest BCUT2D eigenvalue weighted by molar-refractivity contribution is 7.90. The largest absolute Gasteiger partial charge is 0.376 e. The van der Waals surface area contributed by atoms with Gasteiger partial charge in [-0.15, -0.1) is 0 Å². The molecule has 2 rings (SSSR count). The molecule has 4 atom stereocenters. The minimum Gasteiger partial charge on any atom is -0.376 e. The van der Waals surface area contributed by atoms with Crippen molar-refractivity contribution >= 4 is 15.7 Å². The van der Waals surface area contributed by atoms with Crippen molar-refractivity contribution in [1.29, 1.82) is 0 Å². The van der Waals surface area contributed by atoms with Gasteiger partial charge in [-0.25, -0.2) is 8.42 Å². The molecule has 0 spiro atoms. The molecule has 1 aliphatic heterocycles. The zero-order valence-corrected chi connectivity index (χ0v) is 12.4. The van der Waals surface area contributed by atoms with Crippen LogP contribution >= 0.6 is 0 Å². The summed E-state index contributed by atoms with van der Waals surface area (Å²) in [5, 5.41) is 2.97. The third kappa shape index (κ3) is 3.27. The van der Waals surface area contributed by atoms with Crippen molar-refractivity contribution in [3.63, 3.8) is 0 Å². The molecule has 0 aromatic rings. The Morgan fingerprint density at radius 1 is 1.42 bits per heavy atom.